The standard InChI is InChI=1S/C15H19Br2NO/c16-9-1-3-14-4-2-10-18(14)15(19)11-12-5-7-13(17)8-6-12/h5-8,14H,1-4,9-11H2. The fraction of sp³-hybridized carbons (Fsp3) is 0.533. The summed E-state index contributed by atoms with van der Waals surface area (Å²) in [5.74, 6) is 0.277. The average Bonchev–Trinajstić information content (AvgIpc) is 2.87. The average molecular weight is 389 g/mol. The number of carbonyl (C=O) groups excluding carboxylic acids is 1. The highest BCUT2D eigenvalue weighted by molar-refractivity contribution is 9.10. The van der Waals surface area contributed by atoms with E-state index in [1.807, 2.05) is 24.3 Å². The molecule has 0 spiro atoms. The highest BCUT2D eigenvalue weighted by Crippen LogP contribution is 2.23. The van der Waals surface area contributed by atoms with E-state index in [1.54, 1.807) is 0 Å². The van der Waals surface area contributed by atoms with Gasteiger partial charge in [-0.3, -0.25) is 4.79 Å². The Balaban J connectivity index is 1.93. The van der Waals surface area contributed by atoms with E-state index < -0.39 is 0 Å². The number of hydrogen-bond donors (Lipinski definition) is 0. The minimum absolute atomic E-state index is 0.277. The summed E-state index contributed by atoms with van der Waals surface area (Å²) in [5.41, 5.74) is 1.10. The Labute approximate surface area is 131 Å². The van der Waals surface area contributed by atoms with Crippen LogP contribution in [0.1, 0.15) is 31.2 Å². The second kappa shape index (κ2) is 7.44. The first-order chi connectivity index (χ1) is 9.20. The summed E-state index contributed by atoms with van der Waals surface area (Å²) in [5, 5.41) is 1.03. The molecular formula is C15H19Br2NO. The molecule has 1 saturated heterocycles. The van der Waals surface area contributed by atoms with Crippen LogP contribution in [0.15, 0.2) is 28.7 Å². The Morgan fingerprint density at radius 2 is 2.05 bits per heavy atom. The predicted octanol–water partition coefficient (Wildman–Crippen LogP) is 4.16. The van der Waals surface area contributed by atoms with Crippen LogP contribution in [0.4, 0.5) is 0 Å². The lowest BCUT2D eigenvalue weighted by Gasteiger charge is -2.24. The molecule has 4 heteroatoms. The molecule has 0 radical (unpaired) electrons. The molecule has 0 aromatic heterocycles. The molecule has 1 aromatic rings. The van der Waals surface area contributed by atoms with Gasteiger partial charge in [0.05, 0.1) is 6.42 Å². The first kappa shape index (κ1) is 15.0. The third-order valence-electron chi connectivity index (χ3n) is 3.64. The summed E-state index contributed by atoms with van der Waals surface area (Å²) in [6.45, 7) is 0.933. The van der Waals surface area contributed by atoms with Crippen molar-refractivity contribution in [1.82, 2.24) is 4.90 Å². The van der Waals surface area contributed by atoms with Gasteiger partial charge in [0.1, 0.15) is 0 Å². The van der Waals surface area contributed by atoms with Gasteiger partial charge in [0, 0.05) is 22.4 Å². The van der Waals surface area contributed by atoms with Crippen molar-refractivity contribution in [3.63, 3.8) is 0 Å². The quantitative estimate of drug-likeness (QED) is 0.693. The van der Waals surface area contributed by atoms with Gasteiger partial charge in [-0.15, -0.1) is 0 Å². The van der Waals surface area contributed by atoms with Crippen molar-refractivity contribution in [3.05, 3.63) is 34.3 Å². The van der Waals surface area contributed by atoms with Gasteiger partial charge in [-0.1, -0.05) is 44.0 Å². The molecule has 2 nitrogen and oxygen atoms in total. The SMILES string of the molecule is O=C(Cc1ccc(Br)cc1)N1CCCC1CCCBr. The number of benzene rings is 1. The Hall–Kier alpha value is -0.350. The molecule has 1 aliphatic rings. The highest BCUT2D eigenvalue weighted by atomic mass is 79.9. The van der Waals surface area contributed by atoms with E-state index in [-0.39, 0.29) is 5.91 Å². The molecule has 1 fully saturated rings. The zero-order chi connectivity index (χ0) is 13.7. The Morgan fingerprint density at radius 1 is 1.32 bits per heavy atom. The molecule has 1 amide bonds. The van der Waals surface area contributed by atoms with Gasteiger partial charge >= 0.3 is 0 Å². The maximum absolute atomic E-state index is 12.4. The fourth-order valence-corrected chi connectivity index (χ4v) is 3.24. The molecule has 2 rings (SSSR count). The van der Waals surface area contributed by atoms with E-state index in [0.29, 0.717) is 12.5 Å². The largest absolute Gasteiger partial charge is 0.339 e. The summed E-state index contributed by atoms with van der Waals surface area (Å²) >= 11 is 6.88. The second-order valence-corrected chi connectivity index (χ2v) is 6.73. The first-order valence-electron chi connectivity index (χ1n) is 6.80. The highest BCUT2D eigenvalue weighted by Gasteiger charge is 2.27. The van der Waals surface area contributed by atoms with Crippen LogP contribution in [0, 0.1) is 0 Å². The lowest BCUT2D eigenvalue weighted by molar-refractivity contribution is -0.131. The van der Waals surface area contributed by atoms with Crippen molar-refractivity contribution < 1.29 is 4.79 Å². The van der Waals surface area contributed by atoms with Gasteiger partial charge in [0.2, 0.25) is 5.91 Å². The maximum atomic E-state index is 12.4. The Morgan fingerprint density at radius 3 is 2.74 bits per heavy atom. The van der Waals surface area contributed by atoms with Crippen LogP contribution in [0.25, 0.3) is 0 Å². The normalized spacial score (nSPS) is 18.8. The van der Waals surface area contributed by atoms with E-state index >= 15 is 0 Å². The van der Waals surface area contributed by atoms with Crippen molar-refractivity contribution in [2.45, 2.75) is 38.1 Å². The Bertz CT molecular complexity index is 419. The van der Waals surface area contributed by atoms with Gasteiger partial charge < -0.3 is 4.90 Å². The number of rotatable bonds is 5. The van der Waals surface area contributed by atoms with Crippen LogP contribution in [-0.2, 0) is 11.2 Å². The van der Waals surface area contributed by atoms with E-state index in [2.05, 4.69) is 36.8 Å². The number of hydrogen-bond acceptors (Lipinski definition) is 1. The van der Waals surface area contributed by atoms with Crippen molar-refractivity contribution >= 4 is 37.8 Å². The number of carbonyl (C=O) groups is 1. The molecule has 0 aliphatic carbocycles. The van der Waals surface area contributed by atoms with Crippen molar-refractivity contribution in [3.8, 4) is 0 Å². The summed E-state index contributed by atoms with van der Waals surface area (Å²) in [4.78, 5) is 14.5. The van der Waals surface area contributed by atoms with E-state index in [4.69, 9.17) is 0 Å². The number of likely N-dealkylation sites (tertiary alicyclic amines) is 1. The zero-order valence-electron chi connectivity index (χ0n) is 10.9. The van der Waals surface area contributed by atoms with Crippen LogP contribution in [0.5, 0.6) is 0 Å². The van der Waals surface area contributed by atoms with Crippen LogP contribution in [0.3, 0.4) is 0 Å². The lowest BCUT2D eigenvalue weighted by atomic mass is 10.1. The van der Waals surface area contributed by atoms with Crippen molar-refractivity contribution in [1.29, 1.82) is 0 Å². The molecule has 1 unspecified atom stereocenters. The third-order valence-corrected chi connectivity index (χ3v) is 4.73. The van der Waals surface area contributed by atoms with Gasteiger partial charge in [-0.2, -0.15) is 0 Å². The van der Waals surface area contributed by atoms with Crippen molar-refractivity contribution in [2.24, 2.45) is 0 Å². The number of nitrogens with zero attached hydrogens (tertiary/aromatic N) is 1. The van der Waals surface area contributed by atoms with Gasteiger partial charge in [-0.05, 0) is 43.4 Å². The topological polar surface area (TPSA) is 20.3 Å². The second-order valence-electron chi connectivity index (χ2n) is 5.02. The van der Waals surface area contributed by atoms with Gasteiger partial charge in [-0.25, -0.2) is 0 Å². The van der Waals surface area contributed by atoms with E-state index in [1.165, 1.54) is 6.42 Å². The maximum Gasteiger partial charge on any atom is 0.227 e. The molecule has 1 aromatic carbocycles. The molecular weight excluding hydrogens is 370 g/mol. The third kappa shape index (κ3) is 4.32. The summed E-state index contributed by atoms with van der Waals surface area (Å²) in [6.07, 6.45) is 5.11. The molecule has 0 saturated carbocycles. The van der Waals surface area contributed by atoms with Crippen LogP contribution >= 0.6 is 31.9 Å². The number of alkyl halides is 1. The van der Waals surface area contributed by atoms with Gasteiger partial charge in [0.25, 0.3) is 0 Å². The molecule has 104 valence electrons. The molecule has 1 aliphatic heterocycles. The smallest absolute Gasteiger partial charge is 0.227 e. The summed E-state index contributed by atoms with van der Waals surface area (Å²) < 4.78 is 1.06. The minimum Gasteiger partial charge on any atom is -0.339 e. The summed E-state index contributed by atoms with van der Waals surface area (Å²) in [6, 6.07) is 8.49. The van der Waals surface area contributed by atoms with Crippen LogP contribution in [0.2, 0.25) is 0 Å². The number of amides is 1. The van der Waals surface area contributed by atoms with Crippen LogP contribution < -0.4 is 0 Å². The van der Waals surface area contributed by atoms with E-state index in [0.717, 1.165) is 41.2 Å². The zero-order valence-corrected chi connectivity index (χ0v) is 14.1. The lowest BCUT2D eigenvalue weighted by Crippen LogP contribution is -2.36. The molecule has 0 bridgehead atoms. The van der Waals surface area contributed by atoms with E-state index in [9.17, 15) is 4.79 Å². The molecule has 0 N–H and O–H groups in total. The molecule has 1 heterocycles. The van der Waals surface area contributed by atoms with Crippen LogP contribution in [-0.4, -0.2) is 28.7 Å². The fourth-order valence-electron chi connectivity index (χ4n) is 2.66. The van der Waals surface area contributed by atoms with Gasteiger partial charge in [0.15, 0.2) is 0 Å². The summed E-state index contributed by atoms with van der Waals surface area (Å²) in [7, 11) is 0. The molecule has 1 atom stereocenters. The number of halogens is 2. The first-order valence-corrected chi connectivity index (χ1v) is 8.72. The minimum atomic E-state index is 0.277. The predicted molar refractivity (Wildman–Crippen MR) is 85.6 cm³/mol. The van der Waals surface area contributed by atoms with Crippen molar-refractivity contribution in [2.75, 3.05) is 11.9 Å². The molecule has 19 heavy (non-hydrogen) atoms. The Kier molecular flexibility index (Phi) is 5.89. The monoisotopic (exact) mass is 387 g/mol.